The zero-order valence-electron chi connectivity index (χ0n) is 11.4. The fraction of sp³-hybridized carbons (Fsp3) is 0.0667. The van der Waals surface area contributed by atoms with Crippen LogP contribution in [0, 0.1) is 0 Å². The highest BCUT2D eigenvalue weighted by molar-refractivity contribution is 9.10. The van der Waals surface area contributed by atoms with Gasteiger partial charge in [0.1, 0.15) is 11.3 Å². The molecular weight excluding hydrogens is 375 g/mol. The predicted octanol–water partition coefficient (Wildman–Crippen LogP) is 4.54. The molecule has 0 amide bonds. The first-order valence-corrected chi connectivity index (χ1v) is 7.19. The Morgan fingerprint density at radius 2 is 1.61 bits per heavy atom. The largest absolute Gasteiger partial charge is 0.573 e. The van der Waals surface area contributed by atoms with Crippen LogP contribution in [-0.2, 0) is 0 Å². The van der Waals surface area contributed by atoms with Gasteiger partial charge in [-0.05, 0) is 39.7 Å². The number of benzene rings is 2. The molecule has 0 aliphatic heterocycles. The molecule has 0 atom stereocenters. The summed E-state index contributed by atoms with van der Waals surface area (Å²) < 4.78 is 41.1. The molecule has 118 valence electrons. The third kappa shape index (κ3) is 3.21. The van der Waals surface area contributed by atoms with Gasteiger partial charge in [0.05, 0.1) is 9.99 Å². The first kappa shape index (κ1) is 15.5. The molecule has 8 heteroatoms. The van der Waals surface area contributed by atoms with E-state index < -0.39 is 6.36 Å². The molecule has 4 nitrogen and oxygen atoms in total. The number of halogens is 4. The lowest BCUT2D eigenvalue weighted by molar-refractivity contribution is -0.274. The van der Waals surface area contributed by atoms with Crippen molar-refractivity contribution in [2.45, 2.75) is 6.36 Å². The number of nitrogen functional groups attached to an aromatic ring is 1. The fourth-order valence-corrected chi connectivity index (χ4v) is 2.58. The zero-order valence-corrected chi connectivity index (χ0v) is 13.0. The summed E-state index contributed by atoms with van der Waals surface area (Å²) in [7, 11) is 0. The molecule has 0 saturated heterocycles. The van der Waals surface area contributed by atoms with E-state index in [1.807, 2.05) is 0 Å². The summed E-state index contributed by atoms with van der Waals surface area (Å²) in [5.41, 5.74) is 8.92. The molecule has 0 aliphatic carbocycles. The molecule has 0 unspecified atom stereocenters. The first-order chi connectivity index (χ1) is 10.8. The van der Waals surface area contributed by atoms with Crippen molar-refractivity contribution in [2.24, 2.45) is 0 Å². The van der Waals surface area contributed by atoms with Crippen LogP contribution in [0.3, 0.4) is 0 Å². The van der Waals surface area contributed by atoms with Gasteiger partial charge < -0.3 is 10.5 Å². The molecule has 0 saturated carbocycles. The van der Waals surface area contributed by atoms with Gasteiger partial charge in [-0.3, -0.25) is 9.97 Å². The molecule has 0 aliphatic rings. The standard InChI is InChI=1S/C15H9BrF3N3O/c16-12-11(20)7-10(13-14(12)22-6-5-21-13)8-1-3-9(4-2-8)23-15(17,18)19/h1-7H,20H2. The van der Waals surface area contributed by atoms with E-state index in [2.05, 4.69) is 30.6 Å². The maximum absolute atomic E-state index is 12.2. The lowest BCUT2D eigenvalue weighted by Crippen LogP contribution is -2.16. The van der Waals surface area contributed by atoms with Crippen LogP contribution in [0.15, 0.2) is 47.2 Å². The minimum absolute atomic E-state index is 0.290. The van der Waals surface area contributed by atoms with Gasteiger partial charge in [0.25, 0.3) is 0 Å². The molecule has 0 fully saturated rings. The number of fused-ring (bicyclic) bond motifs is 1. The van der Waals surface area contributed by atoms with Crippen molar-refractivity contribution in [1.29, 1.82) is 0 Å². The van der Waals surface area contributed by atoms with E-state index in [4.69, 9.17) is 5.73 Å². The SMILES string of the molecule is Nc1cc(-c2ccc(OC(F)(F)F)cc2)c2nccnc2c1Br. The Morgan fingerprint density at radius 1 is 1.00 bits per heavy atom. The van der Waals surface area contributed by atoms with E-state index in [0.717, 1.165) is 0 Å². The maximum Gasteiger partial charge on any atom is 0.573 e. The van der Waals surface area contributed by atoms with Gasteiger partial charge in [0, 0.05) is 23.6 Å². The molecule has 23 heavy (non-hydrogen) atoms. The number of anilines is 1. The van der Waals surface area contributed by atoms with Crippen molar-refractivity contribution >= 4 is 32.7 Å². The second-order valence-electron chi connectivity index (χ2n) is 4.65. The molecule has 0 spiro atoms. The minimum Gasteiger partial charge on any atom is -0.406 e. The monoisotopic (exact) mass is 383 g/mol. The second-order valence-corrected chi connectivity index (χ2v) is 5.45. The Labute approximate surface area is 137 Å². The fourth-order valence-electron chi connectivity index (χ4n) is 2.18. The van der Waals surface area contributed by atoms with Crippen LogP contribution in [-0.4, -0.2) is 16.3 Å². The molecule has 2 aromatic carbocycles. The van der Waals surface area contributed by atoms with Crippen molar-refractivity contribution in [3.05, 3.63) is 47.2 Å². The van der Waals surface area contributed by atoms with Gasteiger partial charge in [0.15, 0.2) is 0 Å². The summed E-state index contributed by atoms with van der Waals surface area (Å²) in [5, 5.41) is 0. The highest BCUT2D eigenvalue weighted by Gasteiger charge is 2.31. The highest BCUT2D eigenvalue weighted by atomic mass is 79.9. The van der Waals surface area contributed by atoms with Crippen molar-refractivity contribution < 1.29 is 17.9 Å². The number of ether oxygens (including phenoxy) is 1. The zero-order chi connectivity index (χ0) is 16.6. The molecule has 1 heterocycles. The van der Waals surface area contributed by atoms with E-state index in [-0.39, 0.29) is 5.75 Å². The van der Waals surface area contributed by atoms with Crippen LogP contribution in [0.2, 0.25) is 0 Å². The van der Waals surface area contributed by atoms with E-state index in [0.29, 0.717) is 32.3 Å². The summed E-state index contributed by atoms with van der Waals surface area (Å²) >= 11 is 3.36. The van der Waals surface area contributed by atoms with E-state index in [9.17, 15) is 13.2 Å². The third-order valence-electron chi connectivity index (χ3n) is 3.11. The molecule has 1 aromatic heterocycles. The van der Waals surface area contributed by atoms with E-state index >= 15 is 0 Å². The van der Waals surface area contributed by atoms with E-state index in [1.165, 1.54) is 36.7 Å². The third-order valence-corrected chi connectivity index (χ3v) is 3.95. The van der Waals surface area contributed by atoms with Crippen LogP contribution in [0.4, 0.5) is 18.9 Å². The first-order valence-electron chi connectivity index (χ1n) is 6.40. The molecule has 0 bridgehead atoms. The Bertz CT molecular complexity index is 866. The van der Waals surface area contributed by atoms with Crippen LogP contribution >= 0.6 is 15.9 Å². The number of nitrogens with zero attached hydrogens (tertiary/aromatic N) is 2. The van der Waals surface area contributed by atoms with Gasteiger partial charge in [-0.25, -0.2) is 0 Å². The van der Waals surface area contributed by atoms with Gasteiger partial charge in [-0.15, -0.1) is 13.2 Å². The molecule has 3 aromatic rings. The lowest BCUT2D eigenvalue weighted by atomic mass is 10.0. The smallest absolute Gasteiger partial charge is 0.406 e. The topological polar surface area (TPSA) is 61.0 Å². The Kier molecular flexibility index (Phi) is 3.85. The average Bonchev–Trinajstić information content (AvgIpc) is 2.50. The highest BCUT2D eigenvalue weighted by Crippen LogP contribution is 2.36. The predicted molar refractivity (Wildman–Crippen MR) is 83.8 cm³/mol. The quantitative estimate of drug-likeness (QED) is 0.659. The van der Waals surface area contributed by atoms with Crippen molar-refractivity contribution in [1.82, 2.24) is 9.97 Å². The lowest BCUT2D eigenvalue weighted by Gasteiger charge is -2.11. The average molecular weight is 384 g/mol. The number of rotatable bonds is 2. The van der Waals surface area contributed by atoms with Gasteiger partial charge in [0.2, 0.25) is 0 Å². The summed E-state index contributed by atoms with van der Waals surface area (Å²) in [6.07, 6.45) is -1.64. The summed E-state index contributed by atoms with van der Waals surface area (Å²) in [5.74, 6) is -0.290. The number of alkyl halides is 3. The van der Waals surface area contributed by atoms with Gasteiger partial charge in [-0.2, -0.15) is 0 Å². The number of aromatic nitrogens is 2. The molecular formula is C15H9BrF3N3O. The molecule has 3 rings (SSSR count). The summed E-state index contributed by atoms with van der Waals surface area (Å²) in [6.45, 7) is 0. The van der Waals surface area contributed by atoms with Gasteiger partial charge in [-0.1, -0.05) is 12.1 Å². The summed E-state index contributed by atoms with van der Waals surface area (Å²) in [4.78, 5) is 8.51. The van der Waals surface area contributed by atoms with Crippen molar-refractivity contribution in [2.75, 3.05) is 5.73 Å². The Balaban J connectivity index is 2.09. The maximum atomic E-state index is 12.2. The Morgan fingerprint density at radius 3 is 2.22 bits per heavy atom. The number of nitrogens with two attached hydrogens (primary N) is 1. The minimum atomic E-state index is -4.72. The second kappa shape index (κ2) is 5.69. The van der Waals surface area contributed by atoms with Crippen LogP contribution in [0.25, 0.3) is 22.2 Å². The van der Waals surface area contributed by atoms with E-state index in [1.54, 1.807) is 6.07 Å². The van der Waals surface area contributed by atoms with Gasteiger partial charge >= 0.3 is 6.36 Å². The molecule has 0 radical (unpaired) electrons. The van der Waals surface area contributed by atoms with Crippen LogP contribution in [0.5, 0.6) is 5.75 Å². The Hall–Kier alpha value is -2.35. The summed E-state index contributed by atoms with van der Waals surface area (Å²) in [6, 6.07) is 7.20. The van der Waals surface area contributed by atoms with Crippen LogP contribution in [0.1, 0.15) is 0 Å². The van der Waals surface area contributed by atoms with Crippen molar-refractivity contribution in [3.8, 4) is 16.9 Å². The van der Waals surface area contributed by atoms with Crippen molar-refractivity contribution in [3.63, 3.8) is 0 Å². The normalized spacial score (nSPS) is 11.7. The molecule has 2 N–H and O–H groups in total. The number of hydrogen-bond donors (Lipinski definition) is 1. The number of hydrogen-bond acceptors (Lipinski definition) is 4. The van der Waals surface area contributed by atoms with Crippen LogP contribution < -0.4 is 10.5 Å².